The molecule has 2 unspecified atom stereocenters. The first-order chi connectivity index (χ1) is 21.3. The number of halogens is 4. The first-order valence-electron chi connectivity index (χ1n) is 13.1. The first kappa shape index (κ1) is 30.6. The van der Waals surface area contributed by atoms with Crippen LogP contribution in [-0.4, -0.2) is 32.5 Å². The summed E-state index contributed by atoms with van der Waals surface area (Å²) in [5.41, 5.74) is -0.571. The normalized spacial score (nSPS) is 19.3. The van der Waals surface area contributed by atoms with E-state index in [2.05, 4.69) is 5.32 Å². The summed E-state index contributed by atoms with van der Waals surface area (Å²) in [7, 11) is 0. The molecule has 230 valence electrons. The van der Waals surface area contributed by atoms with Crippen molar-refractivity contribution in [3.63, 3.8) is 0 Å². The van der Waals surface area contributed by atoms with Gasteiger partial charge in [-0.25, -0.2) is 4.90 Å². The summed E-state index contributed by atoms with van der Waals surface area (Å²) in [6, 6.07) is 15.6. The van der Waals surface area contributed by atoms with Crippen molar-refractivity contribution in [2.45, 2.75) is 28.9 Å². The average Bonchev–Trinajstić information content (AvgIpc) is 3.43. The number of nitrogens with zero attached hydrogens (tertiary/aromatic N) is 3. The smallest absolute Gasteiger partial charge is 0.325 e. The van der Waals surface area contributed by atoms with Gasteiger partial charge in [0.1, 0.15) is 11.8 Å². The third-order valence-corrected chi connectivity index (χ3v) is 10.2. The van der Waals surface area contributed by atoms with Gasteiger partial charge in [0.25, 0.3) is 5.69 Å². The summed E-state index contributed by atoms with van der Waals surface area (Å²) < 4.78 is 40.6. The number of aromatic nitrogens is 1. The van der Waals surface area contributed by atoms with Crippen molar-refractivity contribution >= 4 is 69.5 Å². The molecule has 2 aliphatic rings. The molecule has 6 rings (SSSR count). The molecule has 0 bridgehead atoms. The van der Waals surface area contributed by atoms with Gasteiger partial charge < -0.3 is 5.32 Å². The molecule has 0 aliphatic carbocycles. The van der Waals surface area contributed by atoms with Gasteiger partial charge in [-0.1, -0.05) is 52.9 Å². The summed E-state index contributed by atoms with van der Waals surface area (Å²) in [6.07, 6.45) is -4.62. The standard InChI is InChI=1S/C29H18ClF3N4O6S2/c30-16-6-4-14(5-7-16)21-22-23(26(40)36(25(22)39)18-8-10-19(11-9-18)37(42)43)44-27-24(21)45-28(41)35(27)13-20(38)34-17-3-1-2-15(12-17)29(31,32)33/h1-12,21-23H,13H2,(H,34,38)/t21-,22?,23?/m1/s1. The summed E-state index contributed by atoms with van der Waals surface area (Å²) in [4.78, 5) is 65.3. The van der Waals surface area contributed by atoms with E-state index in [9.17, 15) is 42.5 Å². The molecular weight excluding hydrogens is 657 g/mol. The number of anilines is 2. The molecule has 2 aliphatic heterocycles. The number of non-ortho nitro benzene ring substituents is 1. The second-order valence-corrected chi connectivity index (χ2v) is 12.7. The predicted molar refractivity (Wildman–Crippen MR) is 161 cm³/mol. The highest BCUT2D eigenvalue weighted by molar-refractivity contribution is 8.00. The Bertz CT molecular complexity index is 1930. The second kappa shape index (κ2) is 11.5. The van der Waals surface area contributed by atoms with E-state index < -0.39 is 62.9 Å². The third kappa shape index (κ3) is 5.62. The molecule has 1 fully saturated rings. The Balaban J connectivity index is 1.37. The van der Waals surface area contributed by atoms with Gasteiger partial charge >= 0.3 is 11.0 Å². The van der Waals surface area contributed by atoms with Crippen molar-refractivity contribution in [2.75, 3.05) is 10.2 Å². The van der Waals surface area contributed by atoms with E-state index in [1.54, 1.807) is 24.3 Å². The molecular formula is C29H18ClF3N4O6S2. The number of carbonyl (C=O) groups is 3. The Hall–Kier alpha value is -4.47. The lowest BCUT2D eigenvalue weighted by Gasteiger charge is -2.30. The van der Waals surface area contributed by atoms with Crippen LogP contribution in [0, 0.1) is 16.0 Å². The van der Waals surface area contributed by atoms with Crippen molar-refractivity contribution in [3.8, 4) is 0 Å². The van der Waals surface area contributed by atoms with E-state index in [1.807, 2.05) is 0 Å². The molecule has 3 heterocycles. The minimum Gasteiger partial charge on any atom is -0.325 e. The van der Waals surface area contributed by atoms with Crippen molar-refractivity contribution in [2.24, 2.45) is 5.92 Å². The van der Waals surface area contributed by atoms with Crippen molar-refractivity contribution in [1.82, 2.24) is 4.57 Å². The molecule has 4 aromatic rings. The number of thiazole rings is 1. The van der Waals surface area contributed by atoms with Crippen molar-refractivity contribution in [1.29, 1.82) is 0 Å². The maximum Gasteiger partial charge on any atom is 0.416 e. The van der Waals surface area contributed by atoms with E-state index in [-0.39, 0.29) is 22.1 Å². The Morgan fingerprint density at radius 3 is 2.33 bits per heavy atom. The fourth-order valence-corrected chi connectivity index (χ4v) is 8.28. The van der Waals surface area contributed by atoms with E-state index in [0.717, 1.165) is 50.8 Å². The third-order valence-electron chi connectivity index (χ3n) is 7.37. The number of benzene rings is 3. The first-order valence-corrected chi connectivity index (χ1v) is 15.2. The number of imide groups is 1. The molecule has 3 aromatic carbocycles. The highest BCUT2D eigenvalue weighted by Crippen LogP contribution is 2.54. The molecule has 1 aromatic heterocycles. The van der Waals surface area contributed by atoms with E-state index >= 15 is 0 Å². The van der Waals surface area contributed by atoms with Gasteiger partial charge in [0.05, 0.1) is 27.1 Å². The van der Waals surface area contributed by atoms with Crippen LogP contribution in [0.15, 0.2) is 82.6 Å². The van der Waals surface area contributed by atoms with Gasteiger partial charge in [0.2, 0.25) is 17.7 Å². The fourth-order valence-electron chi connectivity index (χ4n) is 5.38. The zero-order valence-electron chi connectivity index (χ0n) is 22.5. The zero-order valence-corrected chi connectivity index (χ0v) is 24.9. The van der Waals surface area contributed by atoms with Gasteiger partial charge in [-0.05, 0) is 48.0 Å². The molecule has 16 heteroatoms. The molecule has 1 N–H and O–H groups in total. The maximum absolute atomic E-state index is 13.9. The summed E-state index contributed by atoms with van der Waals surface area (Å²) in [5, 5.41) is 13.2. The van der Waals surface area contributed by atoms with Crippen LogP contribution in [0.4, 0.5) is 30.2 Å². The van der Waals surface area contributed by atoms with E-state index in [0.29, 0.717) is 15.5 Å². The molecule has 3 amide bonds. The summed E-state index contributed by atoms with van der Waals surface area (Å²) in [5.74, 6) is -3.69. The number of hydrogen-bond acceptors (Lipinski definition) is 8. The molecule has 0 saturated carbocycles. The summed E-state index contributed by atoms with van der Waals surface area (Å²) >= 11 is 7.85. The topological polar surface area (TPSA) is 132 Å². The van der Waals surface area contributed by atoms with Gasteiger partial charge in [0, 0.05) is 33.6 Å². The van der Waals surface area contributed by atoms with Crippen LogP contribution in [-0.2, 0) is 27.1 Å². The number of carbonyl (C=O) groups excluding carboxylic acids is 3. The Morgan fingerprint density at radius 2 is 1.69 bits per heavy atom. The molecule has 0 spiro atoms. The molecule has 45 heavy (non-hydrogen) atoms. The number of nitro benzene ring substituents is 1. The molecule has 3 atom stereocenters. The number of thioether (sulfide) groups is 1. The minimum atomic E-state index is -4.62. The largest absolute Gasteiger partial charge is 0.416 e. The van der Waals surface area contributed by atoms with Crippen LogP contribution in [0.2, 0.25) is 5.02 Å². The van der Waals surface area contributed by atoms with Gasteiger partial charge in [-0.2, -0.15) is 13.2 Å². The molecule has 1 saturated heterocycles. The number of fused-ring (bicyclic) bond motifs is 2. The maximum atomic E-state index is 13.9. The Morgan fingerprint density at radius 1 is 1.00 bits per heavy atom. The van der Waals surface area contributed by atoms with Gasteiger partial charge in [-0.3, -0.25) is 33.9 Å². The van der Waals surface area contributed by atoms with Crippen molar-refractivity contribution < 1.29 is 32.5 Å². The Labute approximate surface area is 264 Å². The molecule has 10 nitrogen and oxygen atoms in total. The fraction of sp³-hybridized carbons (Fsp3) is 0.172. The second-order valence-electron chi connectivity index (χ2n) is 10.1. The lowest BCUT2D eigenvalue weighted by molar-refractivity contribution is -0.384. The van der Waals surface area contributed by atoms with Crippen LogP contribution in [0.25, 0.3) is 0 Å². The van der Waals surface area contributed by atoms with Gasteiger partial charge in [-0.15, -0.1) is 0 Å². The van der Waals surface area contributed by atoms with E-state index in [4.69, 9.17) is 11.6 Å². The quantitative estimate of drug-likeness (QED) is 0.152. The van der Waals surface area contributed by atoms with E-state index in [1.165, 1.54) is 30.3 Å². The SMILES string of the molecule is O=C(Cn1c2c(sc1=O)[C@H](c1ccc(Cl)cc1)C1C(=O)N(c3ccc([N+](=O)[O-])cc3)C(=O)C1S2)Nc1cccc(C(F)(F)F)c1. The number of hydrogen-bond donors (Lipinski definition) is 1. The lowest BCUT2D eigenvalue weighted by Crippen LogP contribution is -2.33. The average molecular weight is 675 g/mol. The highest BCUT2D eigenvalue weighted by atomic mass is 35.5. The van der Waals surface area contributed by atoms with Crippen LogP contribution in [0.1, 0.15) is 21.9 Å². The number of rotatable bonds is 6. The Kier molecular flexibility index (Phi) is 7.79. The van der Waals surface area contributed by atoms with Gasteiger partial charge in [0.15, 0.2) is 0 Å². The summed E-state index contributed by atoms with van der Waals surface area (Å²) in [6.45, 7) is -0.563. The van der Waals surface area contributed by atoms with Crippen LogP contribution in [0.5, 0.6) is 0 Å². The number of alkyl halides is 3. The highest BCUT2D eigenvalue weighted by Gasteiger charge is 2.56. The molecule has 0 radical (unpaired) electrons. The van der Waals surface area contributed by atoms with Crippen molar-refractivity contribution in [3.05, 3.63) is 114 Å². The minimum absolute atomic E-state index is 0.117. The van der Waals surface area contributed by atoms with Crippen LogP contribution in [0.3, 0.4) is 0 Å². The zero-order chi connectivity index (χ0) is 32.2. The van der Waals surface area contributed by atoms with Crippen LogP contribution >= 0.6 is 34.7 Å². The monoisotopic (exact) mass is 674 g/mol. The number of nitro groups is 1. The number of nitrogens with one attached hydrogen (secondary N) is 1. The predicted octanol–water partition coefficient (Wildman–Crippen LogP) is 5.92. The van der Waals surface area contributed by atoms with Crippen LogP contribution < -0.4 is 15.1 Å². The number of amides is 3. The lowest BCUT2D eigenvalue weighted by atomic mass is 9.83.